The average molecular weight is 345 g/mol. The van der Waals surface area contributed by atoms with Gasteiger partial charge in [-0.05, 0) is 24.1 Å². The summed E-state index contributed by atoms with van der Waals surface area (Å²) in [6, 6.07) is 30.4. The second-order valence-corrected chi connectivity index (χ2v) is 7.67. The molecular weight excluding hydrogens is 326 g/mol. The van der Waals surface area contributed by atoms with Crippen molar-refractivity contribution in [2.24, 2.45) is 0 Å². The largest absolute Gasteiger partial charge is 0.468 e. The zero-order valence-electron chi connectivity index (χ0n) is 14.1. The Morgan fingerprint density at radius 3 is 1.56 bits per heavy atom. The van der Waals surface area contributed by atoms with E-state index in [4.69, 9.17) is 4.74 Å². The van der Waals surface area contributed by atoms with Gasteiger partial charge in [-0.25, -0.2) is 0 Å². The van der Waals surface area contributed by atoms with E-state index in [1.165, 1.54) is 7.11 Å². The molecule has 0 heterocycles. The van der Waals surface area contributed by atoms with Gasteiger partial charge < -0.3 is 4.74 Å². The van der Waals surface area contributed by atoms with Crippen LogP contribution in [0.5, 0.6) is 0 Å². The summed E-state index contributed by atoms with van der Waals surface area (Å²) in [5.41, 5.74) is 0.666. The molecule has 0 saturated heterocycles. The molecule has 0 aliphatic heterocycles. The normalized spacial score (nSPS) is 11.4. The summed E-state index contributed by atoms with van der Waals surface area (Å²) >= 11 is 0. The second kappa shape index (κ2) is 9.20. The van der Waals surface area contributed by atoms with Crippen molar-refractivity contribution in [3.8, 4) is 0 Å². The Hall–Kier alpha value is -2.38. The summed E-state index contributed by atoms with van der Waals surface area (Å²) in [6.45, 7) is 0. The minimum absolute atomic E-state index is 0. The van der Waals surface area contributed by atoms with Crippen LogP contribution in [0.2, 0.25) is 0 Å². The fourth-order valence-corrected chi connectivity index (χ4v) is 5.43. The van der Waals surface area contributed by atoms with Gasteiger partial charge in [-0.1, -0.05) is 91.0 Å². The number of carbonyl (C=O) groups excluding carboxylic acids is 1. The highest BCUT2D eigenvalue weighted by molar-refractivity contribution is 7.74. The maximum atomic E-state index is 12.7. The van der Waals surface area contributed by atoms with Crippen LogP contribution >= 0.6 is 7.92 Å². The first kappa shape index (κ1) is 19.0. The number of rotatable bonds is 5. The Kier molecular flexibility index (Phi) is 6.97. The van der Waals surface area contributed by atoms with Crippen LogP contribution in [-0.2, 0) is 9.53 Å². The van der Waals surface area contributed by atoms with E-state index in [2.05, 4.69) is 24.3 Å². The minimum atomic E-state index is -0.910. The topological polar surface area (TPSA) is 26.3 Å². The zero-order valence-corrected chi connectivity index (χ0v) is 15.0. The van der Waals surface area contributed by atoms with E-state index in [-0.39, 0.29) is 20.0 Å². The van der Waals surface area contributed by atoms with Crippen LogP contribution in [0.3, 0.4) is 0 Å². The first-order chi connectivity index (χ1) is 11.8. The lowest BCUT2D eigenvalue weighted by Crippen LogP contribution is -2.23. The molecule has 3 rings (SSSR count). The molecule has 0 bridgehead atoms. The molecule has 3 aromatic rings. The second-order valence-electron chi connectivity index (χ2n) is 5.38. The number of methoxy groups -OCH3 is 1. The molecule has 0 spiro atoms. The van der Waals surface area contributed by atoms with Crippen LogP contribution in [0.4, 0.5) is 0 Å². The SMILES string of the molecule is COC(=O)C(c1ccccc1)P(c1ccccc1)c1ccccc1.[B]. The Balaban J connectivity index is 0.00000225. The predicted molar refractivity (Wildman–Crippen MR) is 106 cm³/mol. The first-order valence-corrected chi connectivity index (χ1v) is 9.24. The Morgan fingerprint density at radius 2 is 1.16 bits per heavy atom. The third kappa shape index (κ3) is 4.38. The van der Waals surface area contributed by atoms with E-state index in [1.807, 2.05) is 66.7 Å². The molecule has 0 fully saturated rings. The Bertz CT molecular complexity index is 739. The highest BCUT2D eigenvalue weighted by Gasteiger charge is 2.32. The van der Waals surface area contributed by atoms with E-state index >= 15 is 0 Å². The summed E-state index contributed by atoms with van der Waals surface area (Å²) in [6.07, 6.45) is 0. The maximum Gasteiger partial charge on any atom is 0.318 e. The molecule has 123 valence electrons. The number of carbonyl (C=O) groups is 1. The molecule has 0 N–H and O–H groups in total. The molecule has 2 nitrogen and oxygen atoms in total. The number of benzene rings is 3. The standard InChI is InChI=1S/C21H19O2P.B/c1-23-21(22)20(17-11-5-2-6-12-17)24(18-13-7-3-8-14-18)19-15-9-4-10-16-19;/h2-16,20H,1H3;. The first-order valence-electron chi connectivity index (χ1n) is 7.83. The van der Waals surface area contributed by atoms with E-state index in [0.717, 1.165) is 16.2 Å². The van der Waals surface area contributed by atoms with Gasteiger partial charge in [0.05, 0.1) is 7.11 Å². The van der Waals surface area contributed by atoms with Crippen molar-refractivity contribution in [3.05, 3.63) is 96.6 Å². The molecule has 0 amide bonds. The molecule has 3 aromatic carbocycles. The maximum absolute atomic E-state index is 12.7. The molecule has 0 aliphatic rings. The molecule has 1 unspecified atom stereocenters. The van der Waals surface area contributed by atoms with Crippen LogP contribution < -0.4 is 10.6 Å². The van der Waals surface area contributed by atoms with Crippen molar-refractivity contribution in [3.63, 3.8) is 0 Å². The van der Waals surface area contributed by atoms with Crippen molar-refractivity contribution in [1.29, 1.82) is 0 Å². The van der Waals surface area contributed by atoms with Gasteiger partial charge in [-0.15, -0.1) is 0 Å². The van der Waals surface area contributed by atoms with Crippen LogP contribution in [0.15, 0.2) is 91.0 Å². The number of hydrogen-bond donors (Lipinski definition) is 0. The molecule has 1 atom stereocenters. The molecule has 25 heavy (non-hydrogen) atoms. The summed E-state index contributed by atoms with van der Waals surface area (Å²) in [7, 11) is 0.550. The van der Waals surface area contributed by atoms with Gasteiger partial charge >= 0.3 is 5.97 Å². The van der Waals surface area contributed by atoms with Crippen molar-refractivity contribution in [2.45, 2.75) is 5.66 Å². The Labute approximate surface area is 152 Å². The molecule has 0 aromatic heterocycles. The van der Waals surface area contributed by atoms with Gasteiger partial charge in [0.1, 0.15) is 5.66 Å². The summed E-state index contributed by atoms with van der Waals surface area (Å²) in [5.74, 6) is -0.194. The number of hydrogen-bond acceptors (Lipinski definition) is 2. The number of ether oxygens (including phenoxy) is 1. The monoisotopic (exact) mass is 345 g/mol. The lowest BCUT2D eigenvalue weighted by atomic mass is 10.1. The van der Waals surface area contributed by atoms with Gasteiger partial charge in [0.15, 0.2) is 0 Å². The predicted octanol–water partition coefficient (Wildman–Crippen LogP) is 3.65. The van der Waals surface area contributed by atoms with Gasteiger partial charge in [0.2, 0.25) is 0 Å². The van der Waals surface area contributed by atoms with Crippen molar-refractivity contribution in [2.75, 3.05) is 7.11 Å². The van der Waals surface area contributed by atoms with Gasteiger partial charge in [0.25, 0.3) is 0 Å². The quantitative estimate of drug-likeness (QED) is 0.401. The lowest BCUT2D eigenvalue weighted by molar-refractivity contribution is -0.140. The summed E-state index contributed by atoms with van der Waals surface area (Å²) < 4.78 is 5.17. The highest BCUT2D eigenvalue weighted by atomic mass is 31.1. The molecule has 4 heteroatoms. The third-order valence-corrected chi connectivity index (χ3v) is 6.60. The molecule has 0 saturated carbocycles. The lowest BCUT2D eigenvalue weighted by Gasteiger charge is -2.27. The van der Waals surface area contributed by atoms with E-state index < -0.39 is 7.92 Å². The fraction of sp³-hybridized carbons (Fsp3) is 0.0952. The average Bonchev–Trinajstić information content (AvgIpc) is 2.67. The molecule has 0 aliphatic carbocycles. The fourth-order valence-electron chi connectivity index (χ4n) is 2.76. The van der Waals surface area contributed by atoms with Gasteiger partial charge in [-0.2, -0.15) is 0 Å². The van der Waals surface area contributed by atoms with Crippen molar-refractivity contribution < 1.29 is 9.53 Å². The van der Waals surface area contributed by atoms with Crippen LogP contribution in [0.1, 0.15) is 11.2 Å². The van der Waals surface area contributed by atoms with Crippen LogP contribution in [-0.4, -0.2) is 21.5 Å². The summed E-state index contributed by atoms with van der Waals surface area (Å²) in [4.78, 5) is 12.7. The third-order valence-electron chi connectivity index (χ3n) is 3.87. The molecular formula is C21H19BO2P. The van der Waals surface area contributed by atoms with E-state index in [1.54, 1.807) is 0 Å². The summed E-state index contributed by atoms with van der Waals surface area (Å²) in [5, 5.41) is 2.33. The van der Waals surface area contributed by atoms with E-state index in [9.17, 15) is 4.79 Å². The van der Waals surface area contributed by atoms with Crippen LogP contribution in [0.25, 0.3) is 0 Å². The van der Waals surface area contributed by atoms with Crippen molar-refractivity contribution >= 4 is 32.9 Å². The van der Waals surface area contributed by atoms with Crippen LogP contribution in [0, 0.1) is 0 Å². The van der Waals surface area contributed by atoms with Gasteiger partial charge in [-0.3, -0.25) is 4.79 Å². The van der Waals surface area contributed by atoms with Crippen molar-refractivity contribution in [1.82, 2.24) is 0 Å². The molecule has 3 radical (unpaired) electrons. The minimum Gasteiger partial charge on any atom is -0.468 e. The zero-order chi connectivity index (χ0) is 16.8. The number of esters is 1. The Morgan fingerprint density at radius 1 is 0.760 bits per heavy atom. The van der Waals surface area contributed by atoms with E-state index in [0.29, 0.717) is 0 Å². The highest BCUT2D eigenvalue weighted by Crippen LogP contribution is 2.50. The smallest absolute Gasteiger partial charge is 0.318 e. The van der Waals surface area contributed by atoms with Gasteiger partial charge in [0, 0.05) is 8.41 Å².